The van der Waals surface area contributed by atoms with E-state index in [9.17, 15) is 4.79 Å². The van der Waals surface area contributed by atoms with Gasteiger partial charge in [-0.1, -0.05) is 19.1 Å². The SMILES string of the molecule is C=C1CCC(N(Cc2cc3c(cn2)OCCO3)C(=O)OC(C)(C)C)CC1C. The van der Waals surface area contributed by atoms with Crippen molar-refractivity contribution in [1.29, 1.82) is 0 Å². The number of rotatable bonds is 3. The van der Waals surface area contributed by atoms with Gasteiger partial charge in [0, 0.05) is 12.1 Å². The highest BCUT2D eigenvalue weighted by atomic mass is 16.6. The van der Waals surface area contributed by atoms with Crippen molar-refractivity contribution >= 4 is 6.09 Å². The predicted molar refractivity (Wildman–Crippen MR) is 103 cm³/mol. The number of fused-ring (bicyclic) bond motifs is 1. The van der Waals surface area contributed by atoms with E-state index in [-0.39, 0.29) is 12.1 Å². The highest BCUT2D eigenvalue weighted by Gasteiger charge is 2.33. The van der Waals surface area contributed by atoms with Crippen LogP contribution in [-0.4, -0.2) is 40.8 Å². The van der Waals surface area contributed by atoms with Gasteiger partial charge in [0.15, 0.2) is 11.5 Å². The molecule has 2 atom stereocenters. The van der Waals surface area contributed by atoms with Gasteiger partial charge in [-0.3, -0.25) is 9.88 Å². The van der Waals surface area contributed by atoms with Crippen LogP contribution in [0.15, 0.2) is 24.4 Å². The summed E-state index contributed by atoms with van der Waals surface area (Å²) in [5, 5.41) is 0. The Morgan fingerprint density at radius 1 is 1.33 bits per heavy atom. The zero-order valence-corrected chi connectivity index (χ0v) is 16.8. The normalized spacial score (nSPS) is 22.3. The van der Waals surface area contributed by atoms with Crippen LogP contribution in [0.25, 0.3) is 0 Å². The van der Waals surface area contributed by atoms with Gasteiger partial charge < -0.3 is 14.2 Å². The molecule has 148 valence electrons. The average Bonchev–Trinajstić information content (AvgIpc) is 2.60. The molecule has 6 nitrogen and oxygen atoms in total. The van der Waals surface area contributed by atoms with Crippen LogP contribution in [0, 0.1) is 5.92 Å². The van der Waals surface area contributed by atoms with Crippen LogP contribution in [-0.2, 0) is 11.3 Å². The second-order valence-electron chi connectivity index (χ2n) is 8.42. The third-order valence-electron chi connectivity index (χ3n) is 5.01. The molecule has 1 aromatic heterocycles. The van der Waals surface area contributed by atoms with Gasteiger partial charge in [-0.15, -0.1) is 0 Å². The Morgan fingerprint density at radius 3 is 2.70 bits per heavy atom. The third-order valence-corrected chi connectivity index (χ3v) is 5.01. The molecule has 1 aliphatic heterocycles. The second kappa shape index (κ2) is 7.79. The lowest BCUT2D eigenvalue weighted by Gasteiger charge is -2.38. The highest BCUT2D eigenvalue weighted by Crippen LogP contribution is 2.34. The maximum Gasteiger partial charge on any atom is 0.410 e. The lowest BCUT2D eigenvalue weighted by atomic mass is 9.83. The zero-order valence-electron chi connectivity index (χ0n) is 16.8. The van der Waals surface area contributed by atoms with E-state index in [0.717, 1.165) is 25.0 Å². The van der Waals surface area contributed by atoms with Crippen molar-refractivity contribution in [2.45, 2.75) is 65.1 Å². The summed E-state index contributed by atoms with van der Waals surface area (Å²) >= 11 is 0. The molecule has 0 aromatic carbocycles. The van der Waals surface area contributed by atoms with Gasteiger partial charge in [-0.25, -0.2) is 4.79 Å². The summed E-state index contributed by atoms with van der Waals surface area (Å²) in [6, 6.07) is 1.96. The lowest BCUT2D eigenvalue weighted by molar-refractivity contribution is 0.00912. The Balaban J connectivity index is 1.81. The number of nitrogens with zero attached hydrogens (tertiary/aromatic N) is 2. The fourth-order valence-corrected chi connectivity index (χ4v) is 3.49. The molecular formula is C21H30N2O4. The maximum atomic E-state index is 12.9. The summed E-state index contributed by atoms with van der Waals surface area (Å²) in [6.45, 7) is 13.4. The quantitative estimate of drug-likeness (QED) is 0.737. The topological polar surface area (TPSA) is 60.9 Å². The first-order valence-electron chi connectivity index (χ1n) is 9.65. The van der Waals surface area contributed by atoms with Crippen molar-refractivity contribution in [2.75, 3.05) is 13.2 Å². The monoisotopic (exact) mass is 374 g/mol. The lowest BCUT2D eigenvalue weighted by Crippen LogP contribution is -2.45. The number of hydrogen-bond acceptors (Lipinski definition) is 5. The van der Waals surface area contributed by atoms with E-state index < -0.39 is 5.60 Å². The molecule has 0 spiro atoms. The van der Waals surface area contributed by atoms with Crippen LogP contribution >= 0.6 is 0 Å². The average molecular weight is 374 g/mol. The molecule has 6 heteroatoms. The minimum atomic E-state index is -0.542. The summed E-state index contributed by atoms with van der Waals surface area (Å²) in [4.78, 5) is 19.2. The van der Waals surface area contributed by atoms with E-state index in [4.69, 9.17) is 14.2 Å². The zero-order chi connectivity index (χ0) is 19.6. The van der Waals surface area contributed by atoms with Gasteiger partial charge in [0.25, 0.3) is 0 Å². The summed E-state index contributed by atoms with van der Waals surface area (Å²) in [6.07, 6.45) is 4.08. The standard InChI is InChI=1S/C21H30N2O4/c1-14-6-7-17(10-15(14)2)23(20(24)27-21(3,4)5)13-16-11-18-19(12-22-16)26-9-8-25-18/h11-12,15,17H,1,6-10,13H2,2-5H3. The Hall–Kier alpha value is -2.24. The van der Waals surface area contributed by atoms with E-state index in [2.05, 4.69) is 18.5 Å². The van der Waals surface area contributed by atoms with E-state index in [1.54, 1.807) is 6.20 Å². The third kappa shape index (κ3) is 4.93. The number of carbonyl (C=O) groups excluding carboxylic acids is 1. The van der Waals surface area contributed by atoms with Crippen molar-refractivity contribution in [3.05, 3.63) is 30.1 Å². The first kappa shape index (κ1) is 19.5. The number of hydrogen-bond donors (Lipinski definition) is 0. The molecule has 2 unspecified atom stereocenters. The van der Waals surface area contributed by atoms with Crippen molar-refractivity contribution < 1.29 is 19.0 Å². The molecule has 1 amide bonds. The number of ether oxygens (including phenoxy) is 3. The molecule has 1 saturated carbocycles. The molecular weight excluding hydrogens is 344 g/mol. The number of allylic oxidation sites excluding steroid dienone is 1. The molecule has 0 radical (unpaired) electrons. The van der Waals surface area contributed by atoms with Gasteiger partial charge in [0.1, 0.15) is 18.8 Å². The second-order valence-corrected chi connectivity index (χ2v) is 8.42. The van der Waals surface area contributed by atoms with E-state index in [0.29, 0.717) is 37.2 Å². The number of pyridine rings is 1. The van der Waals surface area contributed by atoms with Crippen LogP contribution in [0.4, 0.5) is 4.79 Å². The fraction of sp³-hybridized carbons (Fsp3) is 0.619. The highest BCUT2D eigenvalue weighted by molar-refractivity contribution is 5.68. The van der Waals surface area contributed by atoms with Crippen molar-refractivity contribution in [3.8, 4) is 11.5 Å². The first-order chi connectivity index (χ1) is 12.7. The molecule has 2 aliphatic rings. The summed E-state index contributed by atoms with van der Waals surface area (Å²) in [5.74, 6) is 1.72. The molecule has 0 bridgehead atoms. The van der Waals surface area contributed by atoms with E-state index in [1.165, 1.54) is 5.57 Å². The minimum Gasteiger partial charge on any atom is -0.486 e. The van der Waals surface area contributed by atoms with Crippen molar-refractivity contribution in [3.63, 3.8) is 0 Å². The maximum absolute atomic E-state index is 12.9. The van der Waals surface area contributed by atoms with Crippen LogP contribution < -0.4 is 9.47 Å². The number of aromatic nitrogens is 1. The Kier molecular flexibility index (Phi) is 5.63. The Labute approximate surface area is 161 Å². The van der Waals surface area contributed by atoms with Gasteiger partial charge in [0.05, 0.1) is 18.4 Å². The number of amides is 1. The Morgan fingerprint density at radius 2 is 2.04 bits per heavy atom. The molecule has 1 aromatic rings. The van der Waals surface area contributed by atoms with Crippen molar-refractivity contribution in [1.82, 2.24) is 9.88 Å². The summed E-state index contributed by atoms with van der Waals surface area (Å²) < 4.78 is 16.9. The molecule has 2 heterocycles. The molecule has 1 aliphatic carbocycles. The van der Waals surface area contributed by atoms with Gasteiger partial charge >= 0.3 is 6.09 Å². The van der Waals surface area contributed by atoms with Gasteiger partial charge in [0.2, 0.25) is 0 Å². The minimum absolute atomic E-state index is 0.107. The van der Waals surface area contributed by atoms with Crippen molar-refractivity contribution in [2.24, 2.45) is 5.92 Å². The first-order valence-corrected chi connectivity index (χ1v) is 9.65. The summed E-state index contributed by atoms with van der Waals surface area (Å²) in [7, 11) is 0. The predicted octanol–water partition coefficient (Wildman–Crippen LogP) is 4.33. The van der Waals surface area contributed by atoms with Crippen LogP contribution in [0.5, 0.6) is 11.5 Å². The molecule has 0 N–H and O–H groups in total. The van der Waals surface area contributed by atoms with Crippen LogP contribution in [0.3, 0.4) is 0 Å². The Bertz CT molecular complexity index is 711. The van der Waals surface area contributed by atoms with Crippen LogP contribution in [0.1, 0.15) is 52.7 Å². The number of carbonyl (C=O) groups is 1. The smallest absolute Gasteiger partial charge is 0.410 e. The summed E-state index contributed by atoms with van der Waals surface area (Å²) in [5.41, 5.74) is 1.48. The van der Waals surface area contributed by atoms with Gasteiger partial charge in [-0.2, -0.15) is 0 Å². The fourth-order valence-electron chi connectivity index (χ4n) is 3.49. The molecule has 1 fully saturated rings. The molecule has 0 saturated heterocycles. The molecule has 3 rings (SSSR count). The van der Waals surface area contributed by atoms with E-state index in [1.807, 2.05) is 31.7 Å². The largest absolute Gasteiger partial charge is 0.486 e. The molecule has 27 heavy (non-hydrogen) atoms. The van der Waals surface area contributed by atoms with Crippen LogP contribution in [0.2, 0.25) is 0 Å². The van der Waals surface area contributed by atoms with Gasteiger partial charge in [-0.05, 0) is 46.0 Å². The van der Waals surface area contributed by atoms with E-state index >= 15 is 0 Å².